The summed E-state index contributed by atoms with van der Waals surface area (Å²) in [4.78, 5) is 11.7. The first-order chi connectivity index (χ1) is 27.2. The minimum Gasteiger partial charge on any atom is -0.311 e. The topological polar surface area (TPSA) is 6.48 Å². The molecule has 3 aromatic heterocycles. The van der Waals surface area contributed by atoms with Gasteiger partial charge in [0.15, 0.2) is 0 Å². The Kier molecular flexibility index (Phi) is 9.93. The summed E-state index contributed by atoms with van der Waals surface area (Å²) in [6, 6.07) is 72.8. The summed E-state index contributed by atoms with van der Waals surface area (Å²) in [5.74, 6) is 6.86. The molecule has 0 bridgehead atoms. The lowest BCUT2D eigenvalue weighted by molar-refractivity contribution is 1.28. The van der Waals surface area contributed by atoms with Crippen molar-refractivity contribution in [3.05, 3.63) is 216 Å². The molecule has 0 atom stereocenters. The van der Waals surface area contributed by atoms with E-state index in [-0.39, 0.29) is 0 Å². The number of rotatable bonds is 9. The molecule has 0 radical (unpaired) electrons. The van der Waals surface area contributed by atoms with E-state index >= 15 is 0 Å². The van der Waals surface area contributed by atoms with Crippen molar-refractivity contribution >= 4 is 68.1 Å². The van der Waals surface area contributed by atoms with Crippen LogP contribution in [0.2, 0.25) is 0 Å². The molecular formula is C50H34N2S3. The molecule has 0 aliphatic carbocycles. The van der Waals surface area contributed by atoms with Gasteiger partial charge in [-0.25, -0.2) is 0 Å². The standard InChI is InChI=1S/C50H34N2S3/c1-5-13-39(14-6-1)51(40-15-7-2-8-16-40)43-25-21-37(22-26-43)47-33-31-45(53-47)29-30-46-32-34-49(54-46)50-36-35-48(55-50)38-23-27-44(28-24-38)52(41-17-9-3-10-18-41)42-19-11-4-12-20-42/h1-28,31-36H. The van der Waals surface area contributed by atoms with E-state index in [1.165, 1.54) is 30.6 Å². The van der Waals surface area contributed by atoms with Gasteiger partial charge in [0.2, 0.25) is 0 Å². The third-order valence-electron chi connectivity index (χ3n) is 9.25. The highest BCUT2D eigenvalue weighted by molar-refractivity contribution is 7.24. The zero-order chi connectivity index (χ0) is 36.8. The molecule has 262 valence electrons. The van der Waals surface area contributed by atoms with Gasteiger partial charge in [-0.1, -0.05) is 97.1 Å². The van der Waals surface area contributed by atoms with Crippen molar-refractivity contribution < 1.29 is 0 Å². The molecule has 0 aliphatic rings. The van der Waals surface area contributed by atoms with Gasteiger partial charge in [-0.05, 0) is 132 Å². The van der Waals surface area contributed by atoms with Crippen LogP contribution in [0.4, 0.5) is 34.1 Å². The molecule has 0 N–H and O–H groups in total. The summed E-state index contributed by atoms with van der Waals surface area (Å²) < 4.78 is 0. The van der Waals surface area contributed by atoms with Crippen molar-refractivity contribution in [1.29, 1.82) is 0 Å². The van der Waals surface area contributed by atoms with Crippen LogP contribution in [0.1, 0.15) is 9.75 Å². The predicted molar refractivity (Wildman–Crippen MR) is 238 cm³/mol. The van der Waals surface area contributed by atoms with Crippen LogP contribution in [0.15, 0.2) is 206 Å². The van der Waals surface area contributed by atoms with Gasteiger partial charge >= 0.3 is 0 Å². The molecule has 0 aliphatic heterocycles. The van der Waals surface area contributed by atoms with E-state index in [2.05, 4.69) is 228 Å². The van der Waals surface area contributed by atoms with E-state index in [0.717, 1.165) is 43.9 Å². The molecule has 9 rings (SSSR count). The average Bonchev–Trinajstić information content (AvgIpc) is 4.05. The largest absolute Gasteiger partial charge is 0.311 e. The number of thiophene rings is 3. The number of hydrogen-bond donors (Lipinski definition) is 0. The van der Waals surface area contributed by atoms with Gasteiger partial charge < -0.3 is 9.80 Å². The van der Waals surface area contributed by atoms with Crippen molar-refractivity contribution in [1.82, 2.24) is 0 Å². The number of anilines is 6. The second-order valence-corrected chi connectivity index (χ2v) is 16.1. The number of nitrogens with zero attached hydrogens (tertiary/aromatic N) is 2. The Labute approximate surface area is 334 Å². The lowest BCUT2D eigenvalue weighted by atomic mass is 10.1. The second kappa shape index (κ2) is 15.9. The van der Waals surface area contributed by atoms with Crippen LogP contribution in [0.5, 0.6) is 0 Å². The number of hydrogen-bond acceptors (Lipinski definition) is 5. The molecule has 0 saturated carbocycles. The zero-order valence-corrected chi connectivity index (χ0v) is 32.2. The van der Waals surface area contributed by atoms with E-state index < -0.39 is 0 Å². The molecule has 9 aromatic rings. The minimum absolute atomic E-state index is 1.06. The van der Waals surface area contributed by atoms with Gasteiger partial charge in [-0.2, -0.15) is 0 Å². The normalized spacial score (nSPS) is 10.8. The smallest absolute Gasteiger partial charge is 0.0779 e. The van der Waals surface area contributed by atoms with Crippen molar-refractivity contribution in [2.24, 2.45) is 0 Å². The van der Waals surface area contributed by atoms with E-state index in [4.69, 9.17) is 0 Å². The molecule has 5 heteroatoms. The van der Waals surface area contributed by atoms with Gasteiger partial charge in [-0.3, -0.25) is 0 Å². The molecule has 0 amide bonds. The third-order valence-corrected chi connectivity index (χ3v) is 12.6. The third kappa shape index (κ3) is 7.66. The number of benzene rings is 6. The fourth-order valence-electron chi connectivity index (χ4n) is 6.60. The maximum atomic E-state index is 3.43. The Morgan fingerprint density at radius 3 is 0.964 bits per heavy atom. The van der Waals surface area contributed by atoms with Crippen molar-refractivity contribution in [2.75, 3.05) is 9.80 Å². The summed E-state index contributed by atoms with van der Waals surface area (Å²) in [5, 5.41) is 0. The molecule has 0 unspecified atom stereocenters. The first-order valence-corrected chi connectivity index (χ1v) is 20.5. The first kappa shape index (κ1) is 34.4. The molecular weight excluding hydrogens is 725 g/mol. The van der Waals surface area contributed by atoms with Gasteiger partial charge in [-0.15, -0.1) is 34.0 Å². The summed E-state index contributed by atoms with van der Waals surface area (Å²) >= 11 is 5.30. The fourth-order valence-corrected chi connectivity index (χ4v) is 9.43. The van der Waals surface area contributed by atoms with E-state index in [0.29, 0.717) is 0 Å². The SMILES string of the molecule is C(#Cc1ccc(-c2ccc(-c3ccc(N(c4ccccc4)c4ccccc4)cc3)s2)s1)c1ccc(-c2ccc(N(c3ccccc3)c3ccccc3)cc2)s1. The Morgan fingerprint density at radius 2 is 0.545 bits per heavy atom. The monoisotopic (exact) mass is 758 g/mol. The highest BCUT2D eigenvalue weighted by atomic mass is 32.1. The van der Waals surface area contributed by atoms with E-state index in [9.17, 15) is 0 Å². The molecule has 3 heterocycles. The maximum Gasteiger partial charge on any atom is 0.0779 e. The molecule has 0 saturated heterocycles. The van der Waals surface area contributed by atoms with Crippen molar-refractivity contribution in [2.45, 2.75) is 0 Å². The zero-order valence-electron chi connectivity index (χ0n) is 29.7. The summed E-state index contributed by atoms with van der Waals surface area (Å²) in [6.07, 6.45) is 0. The molecule has 6 aromatic carbocycles. The fraction of sp³-hybridized carbons (Fsp3) is 0. The summed E-state index contributed by atoms with van der Waals surface area (Å²) in [6.45, 7) is 0. The van der Waals surface area contributed by atoms with Crippen LogP contribution in [-0.4, -0.2) is 0 Å². The minimum atomic E-state index is 1.06. The lowest BCUT2D eigenvalue weighted by Gasteiger charge is -2.25. The molecule has 55 heavy (non-hydrogen) atoms. The van der Waals surface area contributed by atoms with E-state index in [1.807, 2.05) is 11.3 Å². The Bertz CT molecular complexity index is 2600. The molecule has 0 fully saturated rings. The Balaban J connectivity index is 0.885. The highest BCUT2D eigenvalue weighted by Gasteiger charge is 2.14. The van der Waals surface area contributed by atoms with Crippen LogP contribution in [0.25, 0.3) is 30.6 Å². The van der Waals surface area contributed by atoms with Gasteiger partial charge in [0, 0.05) is 53.6 Å². The van der Waals surface area contributed by atoms with Gasteiger partial charge in [0.05, 0.1) is 9.75 Å². The van der Waals surface area contributed by atoms with Crippen LogP contribution in [0.3, 0.4) is 0 Å². The van der Waals surface area contributed by atoms with Gasteiger partial charge in [0.25, 0.3) is 0 Å². The molecule has 2 nitrogen and oxygen atoms in total. The second-order valence-electron chi connectivity index (χ2n) is 12.8. The Hall–Kier alpha value is -6.42. The van der Waals surface area contributed by atoms with Gasteiger partial charge in [0.1, 0.15) is 0 Å². The predicted octanol–water partition coefficient (Wildman–Crippen LogP) is 15.2. The Morgan fingerprint density at radius 1 is 0.255 bits per heavy atom. The van der Waals surface area contributed by atoms with Crippen LogP contribution in [0, 0.1) is 11.8 Å². The average molecular weight is 759 g/mol. The first-order valence-electron chi connectivity index (χ1n) is 18.1. The maximum absolute atomic E-state index is 3.43. The highest BCUT2D eigenvalue weighted by Crippen LogP contribution is 2.40. The van der Waals surface area contributed by atoms with E-state index in [1.54, 1.807) is 22.7 Å². The van der Waals surface area contributed by atoms with Crippen molar-refractivity contribution in [3.63, 3.8) is 0 Å². The summed E-state index contributed by atoms with van der Waals surface area (Å²) in [5.41, 5.74) is 9.19. The number of para-hydroxylation sites is 4. The van der Waals surface area contributed by atoms with Crippen molar-refractivity contribution in [3.8, 4) is 42.5 Å². The van der Waals surface area contributed by atoms with Crippen LogP contribution < -0.4 is 9.80 Å². The quantitative estimate of drug-likeness (QED) is 0.135. The van der Waals surface area contributed by atoms with Crippen LogP contribution in [-0.2, 0) is 0 Å². The van der Waals surface area contributed by atoms with Crippen LogP contribution >= 0.6 is 34.0 Å². The lowest BCUT2D eigenvalue weighted by Crippen LogP contribution is -2.09. The molecule has 0 spiro atoms. The summed E-state index contributed by atoms with van der Waals surface area (Å²) in [7, 11) is 0.